The molecule has 180 valence electrons. The Morgan fingerprint density at radius 1 is 1.21 bits per heavy atom. The molecule has 0 bridgehead atoms. The fraction of sp³-hybridized carbons (Fsp3) is 0.474. The van der Waals surface area contributed by atoms with Gasteiger partial charge in [0.2, 0.25) is 0 Å². The lowest BCUT2D eigenvalue weighted by Gasteiger charge is -2.38. The fourth-order valence-electron chi connectivity index (χ4n) is 4.25. The third kappa shape index (κ3) is 4.30. The van der Waals surface area contributed by atoms with E-state index in [1.54, 1.807) is 4.90 Å². The van der Waals surface area contributed by atoms with E-state index in [-0.39, 0.29) is 47.7 Å². The van der Waals surface area contributed by atoms with Crippen LogP contribution in [0.1, 0.15) is 41.8 Å². The molecular formula is C19H21F6N7O. The monoisotopic (exact) mass is 477 g/mol. The maximum Gasteiger partial charge on any atom is 0.329 e. The van der Waals surface area contributed by atoms with Crippen molar-refractivity contribution >= 4 is 5.84 Å². The number of fused-ring (bicyclic) bond motifs is 1. The highest BCUT2D eigenvalue weighted by atomic mass is 19.3. The lowest BCUT2D eigenvalue weighted by atomic mass is 9.93. The standard InChI is InChI=1S/C19H21F6N7O/c20-8-1-2-11(21)10(3-8)15-12(26)4-9(7-33-15)30-5-13-14(6-30)31(18(22)23)17(29-13)16(27)32(28)19(24)25/h1-3,9,12,15,18-19,27H,4-7,26,28H2/t9?,12?,15-/m1/s1. The predicted molar refractivity (Wildman–Crippen MR) is 103 cm³/mol. The molecule has 8 nitrogen and oxygen atoms in total. The molecule has 1 saturated heterocycles. The number of amidine groups is 1. The van der Waals surface area contributed by atoms with Crippen molar-refractivity contribution in [3.8, 4) is 0 Å². The van der Waals surface area contributed by atoms with Crippen LogP contribution in [0.15, 0.2) is 18.2 Å². The minimum absolute atomic E-state index is 0.00462. The molecule has 1 aromatic carbocycles. The van der Waals surface area contributed by atoms with Gasteiger partial charge in [-0.2, -0.15) is 17.6 Å². The van der Waals surface area contributed by atoms with Gasteiger partial charge in [0.05, 0.1) is 18.0 Å². The normalized spacial score (nSPS) is 23.4. The lowest BCUT2D eigenvalue weighted by Crippen LogP contribution is -2.48. The van der Waals surface area contributed by atoms with Crippen LogP contribution in [-0.2, 0) is 17.8 Å². The van der Waals surface area contributed by atoms with Gasteiger partial charge in [-0.1, -0.05) is 0 Å². The highest BCUT2D eigenvalue weighted by molar-refractivity contribution is 5.93. The summed E-state index contributed by atoms with van der Waals surface area (Å²) in [5.41, 5.74) is 6.44. The Kier molecular flexibility index (Phi) is 6.35. The maximum atomic E-state index is 14.1. The molecule has 2 unspecified atom stereocenters. The molecule has 0 radical (unpaired) electrons. The van der Waals surface area contributed by atoms with Gasteiger partial charge in [-0.25, -0.2) is 24.6 Å². The van der Waals surface area contributed by atoms with Gasteiger partial charge in [-0.3, -0.25) is 14.9 Å². The summed E-state index contributed by atoms with van der Waals surface area (Å²) in [5.74, 6) is 2.13. The summed E-state index contributed by atoms with van der Waals surface area (Å²) >= 11 is 0. The molecule has 0 amide bonds. The van der Waals surface area contributed by atoms with E-state index in [9.17, 15) is 26.3 Å². The van der Waals surface area contributed by atoms with E-state index < -0.39 is 48.5 Å². The van der Waals surface area contributed by atoms with E-state index in [2.05, 4.69) is 4.98 Å². The van der Waals surface area contributed by atoms with Crippen LogP contribution < -0.4 is 11.6 Å². The second-order valence-electron chi connectivity index (χ2n) is 7.89. The van der Waals surface area contributed by atoms with Crippen LogP contribution in [0.3, 0.4) is 0 Å². The van der Waals surface area contributed by atoms with Crippen molar-refractivity contribution in [2.45, 2.75) is 50.8 Å². The molecule has 2 aromatic rings. The summed E-state index contributed by atoms with van der Waals surface area (Å²) < 4.78 is 86.9. The van der Waals surface area contributed by atoms with Gasteiger partial charge in [0.25, 0.3) is 0 Å². The fourth-order valence-corrected chi connectivity index (χ4v) is 4.25. The zero-order chi connectivity index (χ0) is 24.0. The second kappa shape index (κ2) is 8.93. The van der Waals surface area contributed by atoms with E-state index >= 15 is 0 Å². The van der Waals surface area contributed by atoms with E-state index in [0.717, 1.165) is 18.2 Å². The number of hydrazine groups is 1. The Labute approximate surface area is 184 Å². The predicted octanol–water partition coefficient (Wildman–Crippen LogP) is 2.45. The molecule has 5 N–H and O–H groups in total. The van der Waals surface area contributed by atoms with Crippen LogP contribution in [0, 0.1) is 17.0 Å². The summed E-state index contributed by atoms with van der Waals surface area (Å²) in [6, 6.07) is 1.98. The Balaban J connectivity index is 1.49. The Morgan fingerprint density at radius 3 is 2.58 bits per heavy atom. The molecule has 14 heteroatoms. The highest BCUT2D eigenvalue weighted by Crippen LogP contribution is 2.35. The first-order valence-corrected chi connectivity index (χ1v) is 9.93. The van der Waals surface area contributed by atoms with Crippen LogP contribution in [-0.4, -0.2) is 50.5 Å². The molecule has 0 spiro atoms. The van der Waals surface area contributed by atoms with Gasteiger partial charge >= 0.3 is 13.1 Å². The number of imidazole rings is 1. The first-order valence-electron chi connectivity index (χ1n) is 9.93. The summed E-state index contributed by atoms with van der Waals surface area (Å²) in [5, 5.41) is 7.47. The number of nitrogens with zero attached hydrogens (tertiary/aromatic N) is 4. The van der Waals surface area contributed by atoms with Crippen molar-refractivity contribution in [1.82, 2.24) is 19.5 Å². The van der Waals surface area contributed by atoms with Crippen molar-refractivity contribution in [3.05, 3.63) is 52.6 Å². The molecule has 3 atom stereocenters. The van der Waals surface area contributed by atoms with Crippen LogP contribution in [0.2, 0.25) is 0 Å². The lowest BCUT2D eigenvalue weighted by molar-refractivity contribution is -0.0539. The summed E-state index contributed by atoms with van der Waals surface area (Å²) in [6.07, 6.45) is -0.559. The van der Waals surface area contributed by atoms with Crippen LogP contribution in [0.5, 0.6) is 0 Å². The van der Waals surface area contributed by atoms with Gasteiger partial charge in [0.1, 0.15) is 17.7 Å². The van der Waals surface area contributed by atoms with Crippen LogP contribution in [0.4, 0.5) is 26.3 Å². The molecule has 1 fully saturated rings. The number of nitrogens with two attached hydrogens (primary N) is 2. The van der Waals surface area contributed by atoms with Crippen molar-refractivity contribution in [3.63, 3.8) is 0 Å². The first-order chi connectivity index (χ1) is 15.6. The summed E-state index contributed by atoms with van der Waals surface area (Å²) in [6.45, 7) is -6.23. The van der Waals surface area contributed by atoms with Gasteiger partial charge in [0, 0.05) is 30.7 Å². The van der Waals surface area contributed by atoms with E-state index in [4.69, 9.17) is 21.7 Å². The number of benzene rings is 1. The number of halogens is 6. The average Bonchev–Trinajstić information content (AvgIpc) is 3.32. The Morgan fingerprint density at radius 2 is 1.94 bits per heavy atom. The Bertz CT molecular complexity index is 1050. The quantitative estimate of drug-likeness (QED) is 0.152. The number of hydrogen-bond acceptors (Lipinski definition) is 6. The third-order valence-corrected chi connectivity index (χ3v) is 5.86. The molecule has 2 aliphatic heterocycles. The minimum Gasteiger partial charge on any atom is -0.370 e. The molecule has 0 saturated carbocycles. The summed E-state index contributed by atoms with van der Waals surface area (Å²) in [7, 11) is 0. The second-order valence-corrected chi connectivity index (χ2v) is 7.89. The number of ether oxygens (including phenoxy) is 1. The maximum absolute atomic E-state index is 14.1. The van der Waals surface area contributed by atoms with Crippen molar-refractivity contribution < 1.29 is 31.1 Å². The van der Waals surface area contributed by atoms with Crippen molar-refractivity contribution in [1.29, 1.82) is 5.41 Å². The van der Waals surface area contributed by atoms with Crippen LogP contribution >= 0.6 is 0 Å². The molecule has 0 aliphatic carbocycles. The van der Waals surface area contributed by atoms with Gasteiger partial charge in [-0.15, -0.1) is 0 Å². The summed E-state index contributed by atoms with van der Waals surface area (Å²) in [4.78, 5) is 5.73. The van der Waals surface area contributed by atoms with Crippen molar-refractivity contribution in [2.24, 2.45) is 11.6 Å². The molecular weight excluding hydrogens is 456 g/mol. The SMILES string of the molecule is N=C(c1nc2c(n1C(F)F)CN(C1CO[C@H](c3cc(F)ccc3F)C(N)C1)C2)N(N)C(F)F. The van der Waals surface area contributed by atoms with Crippen LogP contribution in [0.25, 0.3) is 0 Å². The molecule has 2 aliphatic rings. The number of alkyl halides is 4. The number of aromatic nitrogens is 2. The van der Waals surface area contributed by atoms with Crippen molar-refractivity contribution in [2.75, 3.05) is 6.61 Å². The molecule has 4 rings (SSSR count). The highest BCUT2D eigenvalue weighted by Gasteiger charge is 2.39. The smallest absolute Gasteiger partial charge is 0.329 e. The largest absolute Gasteiger partial charge is 0.370 e. The number of hydrogen-bond donors (Lipinski definition) is 3. The van der Waals surface area contributed by atoms with E-state index in [0.29, 0.717) is 11.0 Å². The molecule has 33 heavy (non-hydrogen) atoms. The first kappa shape index (κ1) is 23.5. The Hall–Kier alpha value is -2.68. The van der Waals surface area contributed by atoms with Gasteiger partial charge in [0.15, 0.2) is 11.7 Å². The topological polar surface area (TPSA) is 109 Å². The number of rotatable bonds is 5. The van der Waals surface area contributed by atoms with Gasteiger partial charge < -0.3 is 10.5 Å². The van der Waals surface area contributed by atoms with E-state index in [1.165, 1.54) is 0 Å². The zero-order valence-corrected chi connectivity index (χ0v) is 17.1. The van der Waals surface area contributed by atoms with E-state index in [1.807, 2.05) is 0 Å². The minimum atomic E-state index is -3.26. The third-order valence-electron chi connectivity index (χ3n) is 5.86. The van der Waals surface area contributed by atoms with Gasteiger partial charge in [-0.05, 0) is 24.6 Å². The average molecular weight is 477 g/mol. The molecule has 1 aromatic heterocycles. The number of nitrogens with one attached hydrogen (secondary N) is 1. The zero-order valence-electron chi connectivity index (χ0n) is 17.1. The molecule has 3 heterocycles.